The van der Waals surface area contributed by atoms with Gasteiger partial charge in [0, 0.05) is 17.0 Å². The Morgan fingerprint density at radius 3 is 2.59 bits per heavy atom. The van der Waals surface area contributed by atoms with Crippen molar-refractivity contribution in [3.05, 3.63) is 77.4 Å². The molecule has 2 aromatic heterocycles. The number of aromatic nitrogens is 3. The van der Waals surface area contributed by atoms with Crippen molar-refractivity contribution in [3.8, 4) is 17.1 Å². The quantitative estimate of drug-likeness (QED) is 0.444. The molecular weight excluding hydrogens is 358 g/mol. The van der Waals surface area contributed by atoms with Gasteiger partial charge in [-0.3, -0.25) is 4.68 Å². The summed E-state index contributed by atoms with van der Waals surface area (Å²) in [4.78, 5) is 4.55. The van der Waals surface area contributed by atoms with Gasteiger partial charge in [-0.25, -0.2) is 4.98 Å². The van der Waals surface area contributed by atoms with Crippen molar-refractivity contribution in [1.82, 2.24) is 14.8 Å². The molecule has 2 heterocycles. The second-order valence-electron chi connectivity index (χ2n) is 6.35. The summed E-state index contributed by atoms with van der Waals surface area (Å²) in [5, 5.41) is 6.24. The Kier molecular flexibility index (Phi) is 4.82. The van der Waals surface area contributed by atoms with Crippen LogP contribution in [0.3, 0.4) is 0 Å². The molecule has 136 valence electrons. The summed E-state index contributed by atoms with van der Waals surface area (Å²) in [6.07, 6.45) is 1.83. The third-order valence-corrected chi connectivity index (χ3v) is 4.99. The zero-order valence-corrected chi connectivity index (χ0v) is 16.0. The van der Waals surface area contributed by atoms with Crippen LogP contribution in [0.4, 0.5) is 0 Å². The SMILES string of the molecule is CCOc1cccc(-c2ccc(C(C)n3ncc4c(Cl)cccc43)cc2)n1. The Balaban J connectivity index is 1.63. The summed E-state index contributed by atoms with van der Waals surface area (Å²) in [5.74, 6) is 0.646. The molecule has 0 spiro atoms. The second-order valence-corrected chi connectivity index (χ2v) is 6.76. The maximum atomic E-state index is 6.27. The third kappa shape index (κ3) is 3.40. The molecule has 1 atom stereocenters. The van der Waals surface area contributed by atoms with E-state index in [9.17, 15) is 0 Å². The Bertz CT molecular complexity index is 1070. The normalized spacial score (nSPS) is 12.3. The molecule has 4 aromatic rings. The number of pyridine rings is 1. The molecule has 4 nitrogen and oxygen atoms in total. The van der Waals surface area contributed by atoms with Crippen LogP contribution in [0.15, 0.2) is 66.9 Å². The van der Waals surface area contributed by atoms with E-state index >= 15 is 0 Å². The minimum atomic E-state index is 0.0951. The van der Waals surface area contributed by atoms with Crippen molar-refractivity contribution in [2.45, 2.75) is 19.9 Å². The van der Waals surface area contributed by atoms with Crippen molar-refractivity contribution in [1.29, 1.82) is 0 Å². The number of hydrogen-bond acceptors (Lipinski definition) is 3. The Labute approximate surface area is 163 Å². The average Bonchev–Trinajstić information content (AvgIpc) is 3.14. The largest absolute Gasteiger partial charge is 0.478 e. The highest BCUT2D eigenvalue weighted by Gasteiger charge is 2.13. The molecule has 4 rings (SSSR count). The smallest absolute Gasteiger partial charge is 0.213 e. The first-order chi connectivity index (χ1) is 13.2. The number of halogens is 1. The lowest BCUT2D eigenvalue weighted by Crippen LogP contribution is -2.08. The van der Waals surface area contributed by atoms with Gasteiger partial charge in [-0.1, -0.05) is 48.0 Å². The van der Waals surface area contributed by atoms with Gasteiger partial charge in [0.2, 0.25) is 5.88 Å². The van der Waals surface area contributed by atoms with E-state index in [1.807, 2.05) is 54.2 Å². The summed E-state index contributed by atoms with van der Waals surface area (Å²) in [6, 6.07) is 20.2. The van der Waals surface area contributed by atoms with Crippen LogP contribution in [0.2, 0.25) is 5.02 Å². The highest BCUT2D eigenvalue weighted by Crippen LogP contribution is 2.28. The fourth-order valence-electron chi connectivity index (χ4n) is 3.22. The number of benzene rings is 2. The van der Waals surface area contributed by atoms with E-state index in [1.54, 1.807) is 0 Å². The first kappa shape index (κ1) is 17.6. The zero-order chi connectivity index (χ0) is 18.8. The van der Waals surface area contributed by atoms with Gasteiger partial charge in [0.05, 0.1) is 35.1 Å². The van der Waals surface area contributed by atoms with E-state index in [0.717, 1.165) is 27.2 Å². The molecule has 0 fully saturated rings. The van der Waals surface area contributed by atoms with Crippen LogP contribution < -0.4 is 4.74 Å². The minimum absolute atomic E-state index is 0.0951. The van der Waals surface area contributed by atoms with Crippen LogP contribution in [0, 0.1) is 0 Å². The fourth-order valence-corrected chi connectivity index (χ4v) is 3.44. The van der Waals surface area contributed by atoms with E-state index in [1.165, 1.54) is 5.56 Å². The molecule has 0 amide bonds. The minimum Gasteiger partial charge on any atom is -0.478 e. The van der Waals surface area contributed by atoms with Gasteiger partial charge in [-0.2, -0.15) is 5.10 Å². The summed E-state index contributed by atoms with van der Waals surface area (Å²) < 4.78 is 7.50. The molecule has 1 unspecified atom stereocenters. The molecule has 0 saturated heterocycles. The lowest BCUT2D eigenvalue weighted by Gasteiger charge is -2.15. The molecule has 0 radical (unpaired) electrons. The van der Waals surface area contributed by atoms with Gasteiger partial charge in [0.1, 0.15) is 0 Å². The Hall–Kier alpha value is -2.85. The standard InChI is InChI=1S/C22H20ClN3O/c1-3-27-22-9-5-7-20(25-22)17-12-10-16(11-13-17)15(2)26-21-8-4-6-19(23)18(21)14-24-26/h4-15H,3H2,1-2H3. The number of hydrogen-bond donors (Lipinski definition) is 0. The van der Waals surface area contributed by atoms with E-state index in [-0.39, 0.29) is 6.04 Å². The van der Waals surface area contributed by atoms with Crippen LogP contribution in [0.25, 0.3) is 22.2 Å². The molecule has 0 saturated carbocycles. The van der Waals surface area contributed by atoms with Crippen molar-refractivity contribution in [2.24, 2.45) is 0 Å². The predicted molar refractivity (Wildman–Crippen MR) is 109 cm³/mol. The monoisotopic (exact) mass is 377 g/mol. The maximum absolute atomic E-state index is 6.27. The molecule has 27 heavy (non-hydrogen) atoms. The Morgan fingerprint density at radius 1 is 1.04 bits per heavy atom. The number of rotatable bonds is 5. The molecule has 0 aliphatic carbocycles. The highest BCUT2D eigenvalue weighted by atomic mass is 35.5. The number of ether oxygens (including phenoxy) is 1. The first-order valence-corrected chi connectivity index (χ1v) is 9.37. The third-order valence-electron chi connectivity index (χ3n) is 4.66. The summed E-state index contributed by atoms with van der Waals surface area (Å²) in [5.41, 5.74) is 4.16. The number of fused-ring (bicyclic) bond motifs is 1. The molecular formula is C22H20ClN3O. The molecule has 0 aliphatic rings. The van der Waals surface area contributed by atoms with E-state index < -0.39 is 0 Å². The van der Waals surface area contributed by atoms with Crippen molar-refractivity contribution in [2.75, 3.05) is 6.61 Å². The van der Waals surface area contributed by atoms with Gasteiger partial charge in [0.25, 0.3) is 0 Å². The summed E-state index contributed by atoms with van der Waals surface area (Å²) in [6.45, 7) is 4.70. The van der Waals surface area contributed by atoms with E-state index in [4.69, 9.17) is 16.3 Å². The lowest BCUT2D eigenvalue weighted by molar-refractivity contribution is 0.327. The Morgan fingerprint density at radius 2 is 1.81 bits per heavy atom. The lowest BCUT2D eigenvalue weighted by atomic mass is 10.0. The molecule has 0 aliphatic heterocycles. The van der Waals surface area contributed by atoms with Gasteiger partial charge >= 0.3 is 0 Å². The van der Waals surface area contributed by atoms with Gasteiger partial charge in [0.15, 0.2) is 0 Å². The predicted octanol–water partition coefficient (Wildman–Crippen LogP) is 5.76. The fraction of sp³-hybridized carbons (Fsp3) is 0.182. The van der Waals surface area contributed by atoms with Crippen molar-refractivity contribution < 1.29 is 4.74 Å². The van der Waals surface area contributed by atoms with Crippen molar-refractivity contribution >= 4 is 22.5 Å². The summed E-state index contributed by atoms with van der Waals surface area (Å²) >= 11 is 6.27. The van der Waals surface area contributed by atoms with Crippen LogP contribution in [0.5, 0.6) is 5.88 Å². The van der Waals surface area contributed by atoms with Crippen LogP contribution in [-0.4, -0.2) is 21.4 Å². The van der Waals surface area contributed by atoms with Gasteiger partial charge in [-0.05, 0) is 37.6 Å². The van der Waals surface area contributed by atoms with Crippen molar-refractivity contribution in [3.63, 3.8) is 0 Å². The number of nitrogens with zero attached hydrogens (tertiary/aromatic N) is 3. The molecule has 2 aromatic carbocycles. The van der Waals surface area contributed by atoms with Gasteiger partial charge in [-0.15, -0.1) is 0 Å². The summed E-state index contributed by atoms with van der Waals surface area (Å²) in [7, 11) is 0. The average molecular weight is 378 g/mol. The maximum Gasteiger partial charge on any atom is 0.213 e. The van der Waals surface area contributed by atoms with Gasteiger partial charge < -0.3 is 4.74 Å². The van der Waals surface area contributed by atoms with E-state index in [2.05, 4.69) is 41.3 Å². The highest BCUT2D eigenvalue weighted by molar-refractivity contribution is 6.35. The van der Waals surface area contributed by atoms with Crippen LogP contribution in [-0.2, 0) is 0 Å². The molecule has 0 N–H and O–H groups in total. The van der Waals surface area contributed by atoms with E-state index in [0.29, 0.717) is 12.5 Å². The molecule has 0 bridgehead atoms. The van der Waals surface area contributed by atoms with Crippen LogP contribution >= 0.6 is 11.6 Å². The molecule has 5 heteroatoms. The zero-order valence-electron chi connectivity index (χ0n) is 15.3. The topological polar surface area (TPSA) is 39.9 Å². The van der Waals surface area contributed by atoms with Crippen LogP contribution in [0.1, 0.15) is 25.5 Å². The second kappa shape index (κ2) is 7.41. The first-order valence-electron chi connectivity index (χ1n) is 8.99.